The molecule has 4 rings (SSSR count). The van der Waals surface area contributed by atoms with Crippen LogP contribution in [0.25, 0.3) is 6.08 Å². The number of nitrogens with zero attached hydrogens (tertiary/aromatic N) is 2. The molecule has 2 heterocycles. The van der Waals surface area contributed by atoms with E-state index in [1.165, 1.54) is 16.7 Å². The van der Waals surface area contributed by atoms with Gasteiger partial charge in [-0.25, -0.2) is 4.99 Å². The van der Waals surface area contributed by atoms with E-state index in [9.17, 15) is 0 Å². The average molecular weight is 339 g/mol. The molecule has 1 saturated heterocycles. The van der Waals surface area contributed by atoms with Gasteiger partial charge in [-0.05, 0) is 41.3 Å². The van der Waals surface area contributed by atoms with E-state index in [1.54, 1.807) is 0 Å². The molecular formula is C18H15BrN2. The van der Waals surface area contributed by atoms with E-state index < -0.39 is 0 Å². The van der Waals surface area contributed by atoms with Gasteiger partial charge in [0, 0.05) is 17.6 Å². The molecule has 0 amide bonds. The van der Waals surface area contributed by atoms with Crippen molar-refractivity contribution in [3.8, 4) is 0 Å². The monoisotopic (exact) mass is 338 g/mol. The van der Waals surface area contributed by atoms with Gasteiger partial charge in [-0.2, -0.15) is 0 Å². The van der Waals surface area contributed by atoms with Gasteiger partial charge in [0.25, 0.3) is 0 Å². The van der Waals surface area contributed by atoms with Gasteiger partial charge in [-0.15, -0.1) is 0 Å². The Kier molecular flexibility index (Phi) is 3.15. The molecule has 1 fully saturated rings. The molecule has 21 heavy (non-hydrogen) atoms. The Bertz CT molecular complexity index is 761. The predicted molar refractivity (Wildman–Crippen MR) is 90.7 cm³/mol. The normalized spacial score (nSPS) is 18.4. The molecule has 2 nitrogen and oxygen atoms in total. The maximum Gasteiger partial charge on any atom is 0.132 e. The number of para-hydroxylation sites is 1. The van der Waals surface area contributed by atoms with Crippen LogP contribution in [0.5, 0.6) is 0 Å². The molecule has 0 spiro atoms. The third-order valence-corrected chi connectivity index (χ3v) is 4.77. The molecule has 0 saturated carbocycles. The fraction of sp³-hybridized carbons (Fsp3) is 0.167. The first-order chi connectivity index (χ1) is 10.3. The number of amidine groups is 1. The van der Waals surface area contributed by atoms with Crippen molar-refractivity contribution in [1.82, 2.24) is 4.90 Å². The Morgan fingerprint density at radius 3 is 2.76 bits per heavy atom. The van der Waals surface area contributed by atoms with Gasteiger partial charge in [-0.1, -0.05) is 52.3 Å². The van der Waals surface area contributed by atoms with Crippen molar-refractivity contribution in [1.29, 1.82) is 0 Å². The lowest BCUT2D eigenvalue weighted by molar-refractivity contribution is 0.443. The van der Waals surface area contributed by atoms with Crippen LogP contribution in [0, 0.1) is 0 Å². The van der Waals surface area contributed by atoms with Gasteiger partial charge in [0.15, 0.2) is 0 Å². The van der Waals surface area contributed by atoms with Crippen molar-refractivity contribution < 1.29 is 0 Å². The Labute approximate surface area is 132 Å². The molecule has 0 bridgehead atoms. The van der Waals surface area contributed by atoms with E-state index in [1.807, 2.05) is 6.07 Å². The lowest BCUT2D eigenvalue weighted by Crippen LogP contribution is -2.27. The van der Waals surface area contributed by atoms with E-state index in [0.29, 0.717) is 0 Å². The zero-order chi connectivity index (χ0) is 14.2. The smallest absolute Gasteiger partial charge is 0.132 e. The standard InChI is InChI=1S/C18H15BrN2/c19-16-7-3-1-5-13(16)11-14-9-10-21-12-15-6-2-4-8-17(15)20-18(14)21/h1-8,11H,9-10,12H2/b14-11+. The second-order valence-corrected chi connectivity index (χ2v) is 6.28. The zero-order valence-electron chi connectivity index (χ0n) is 11.6. The van der Waals surface area contributed by atoms with Crippen LogP contribution in [-0.4, -0.2) is 17.3 Å². The van der Waals surface area contributed by atoms with E-state index in [-0.39, 0.29) is 0 Å². The lowest BCUT2D eigenvalue weighted by Gasteiger charge is -2.24. The van der Waals surface area contributed by atoms with Crippen LogP contribution in [-0.2, 0) is 6.54 Å². The number of benzene rings is 2. The van der Waals surface area contributed by atoms with Crippen LogP contribution >= 0.6 is 15.9 Å². The summed E-state index contributed by atoms with van der Waals surface area (Å²) in [4.78, 5) is 7.25. The summed E-state index contributed by atoms with van der Waals surface area (Å²) >= 11 is 3.62. The molecule has 104 valence electrons. The molecule has 0 atom stereocenters. The minimum atomic E-state index is 0.975. The minimum Gasteiger partial charge on any atom is -0.352 e. The average Bonchev–Trinajstić information content (AvgIpc) is 2.89. The van der Waals surface area contributed by atoms with Gasteiger partial charge in [0.1, 0.15) is 5.84 Å². The maximum atomic E-state index is 4.87. The third-order valence-electron chi connectivity index (χ3n) is 4.05. The fourth-order valence-corrected chi connectivity index (χ4v) is 3.36. The number of halogens is 1. The summed E-state index contributed by atoms with van der Waals surface area (Å²) < 4.78 is 1.13. The number of hydrogen-bond acceptors (Lipinski definition) is 2. The summed E-state index contributed by atoms with van der Waals surface area (Å²) in [5, 5.41) is 0. The predicted octanol–water partition coefficient (Wildman–Crippen LogP) is 4.78. The summed E-state index contributed by atoms with van der Waals surface area (Å²) in [6.45, 7) is 2.03. The minimum absolute atomic E-state index is 0.975. The van der Waals surface area contributed by atoms with Gasteiger partial charge < -0.3 is 4.90 Å². The topological polar surface area (TPSA) is 15.6 Å². The van der Waals surface area contributed by atoms with Crippen molar-refractivity contribution >= 4 is 33.5 Å². The van der Waals surface area contributed by atoms with Crippen molar-refractivity contribution in [2.45, 2.75) is 13.0 Å². The Morgan fingerprint density at radius 1 is 1.05 bits per heavy atom. The number of fused-ring (bicyclic) bond motifs is 2. The van der Waals surface area contributed by atoms with E-state index in [2.05, 4.69) is 69.4 Å². The highest BCUT2D eigenvalue weighted by atomic mass is 79.9. The second kappa shape index (κ2) is 5.15. The summed E-state index contributed by atoms with van der Waals surface area (Å²) in [5.41, 5.74) is 4.99. The summed E-state index contributed by atoms with van der Waals surface area (Å²) in [5.74, 6) is 1.14. The number of rotatable bonds is 1. The van der Waals surface area contributed by atoms with Crippen molar-refractivity contribution in [3.05, 3.63) is 69.7 Å². The van der Waals surface area contributed by atoms with Crippen molar-refractivity contribution in [3.63, 3.8) is 0 Å². The van der Waals surface area contributed by atoms with Gasteiger partial charge in [0.2, 0.25) is 0 Å². The first kappa shape index (κ1) is 12.8. The quantitative estimate of drug-likeness (QED) is 0.730. The van der Waals surface area contributed by atoms with E-state index in [0.717, 1.165) is 35.5 Å². The number of hydrogen-bond donors (Lipinski definition) is 0. The first-order valence-electron chi connectivity index (χ1n) is 7.18. The van der Waals surface area contributed by atoms with Crippen LogP contribution in [0.15, 0.2) is 63.6 Å². The second-order valence-electron chi connectivity index (χ2n) is 5.43. The van der Waals surface area contributed by atoms with Crippen molar-refractivity contribution in [2.75, 3.05) is 6.54 Å². The molecule has 2 aliphatic heterocycles. The first-order valence-corrected chi connectivity index (χ1v) is 7.97. The largest absolute Gasteiger partial charge is 0.352 e. The van der Waals surface area contributed by atoms with Gasteiger partial charge in [-0.3, -0.25) is 0 Å². The van der Waals surface area contributed by atoms with Crippen LogP contribution in [0.4, 0.5) is 5.69 Å². The molecular weight excluding hydrogens is 324 g/mol. The van der Waals surface area contributed by atoms with Gasteiger partial charge in [0.05, 0.1) is 5.69 Å². The molecule has 0 aromatic heterocycles. The van der Waals surface area contributed by atoms with Crippen LogP contribution in [0.3, 0.4) is 0 Å². The Morgan fingerprint density at radius 2 is 1.86 bits per heavy atom. The van der Waals surface area contributed by atoms with Gasteiger partial charge >= 0.3 is 0 Å². The molecule has 0 unspecified atom stereocenters. The molecule has 3 heteroatoms. The SMILES string of the molecule is Brc1ccccc1/C=C1\CCN2Cc3ccccc3N=C12. The Hall–Kier alpha value is -1.87. The molecule has 0 radical (unpaired) electrons. The zero-order valence-corrected chi connectivity index (χ0v) is 13.2. The van der Waals surface area contributed by atoms with E-state index >= 15 is 0 Å². The van der Waals surface area contributed by atoms with Crippen LogP contribution < -0.4 is 0 Å². The van der Waals surface area contributed by atoms with Crippen molar-refractivity contribution in [2.24, 2.45) is 4.99 Å². The molecule has 2 aromatic rings. The van der Waals surface area contributed by atoms with E-state index in [4.69, 9.17) is 4.99 Å². The molecule has 2 aromatic carbocycles. The highest BCUT2D eigenvalue weighted by Crippen LogP contribution is 2.33. The summed E-state index contributed by atoms with van der Waals surface area (Å²) in [6, 6.07) is 16.8. The fourth-order valence-electron chi connectivity index (χ4n) is 2.96. The summed E-state index contributed by atoms with van der Waals surface area (Å²) in [7, 11) is 0. The molecule has 2 aliphatic rings. The third kappa shape index (κ3) is 2.32. The lowest BCUT2D eigenvalue weighted by atomic mass is 10.1. The highest BCUT2D eigenvalue weighted by Gasteiger charge is 2.27. The molecule has 0 N–H and O–H groups in total. The maximum absolute atomic E-state index is 4.87. The van der Waals surface area contributed by atoms with Crippen LogP contribution in [0.2, 0.25) is 0 Å². The summed E-state index contributed by atoms with van der Waals surface area (Å²) in [6.07, 6.45) is 3.32. The highest BCUT2D eigenvalue weighted by molar-refractivity contribution is 9.10. The number of aliphatic imine (C=N–C) groups is 1. The molecule has 0 aliphatic carbocycles. The Balaban J connectivity index is 1.77. The van der Waals surface area contributed by atoms with Crippen LogP contribution in [0.1, 0.15) is 17.5 Å².